The first-order chi connectivity index (χ1) is 11.0. The highest BCUT2D eigenvalue weighted by atomic mass is 32.9. The maximum atomic E-state index is 6.02. The molecule has 23 heavy (non-hydrogen) atoms. The molecule has 0 bridgehead atoms. The lowest BCUT2D eigenvalue weighted by molar-refractivity contribution is 0.0671. The van der Waals surface area contributed by atoms with Gasteiger partial charge in [-0.1, -0.05) is 85.9 Å². The van der Waals surface area contributed by atoms with Gasteiger partial charge in [0.05, 0.1) is 18.5 Å². The van der Waals surface area contributed by atoms with E-state index in [4.69, 9.17) is 20.9 Å². The molecule has 0 radical (unpaired) electrons. The van der Waals surface area contributed by atoms with E-state index >= 15 is 0 Å². The van der Waals surface area contributed by atoms with Crippen molar-refractivity contribution in [3.8, 4) is 0 Å². The molecule has 2 nitrogen and oxygen atoms in total. The highest BCUT2D eigenvalue weighted by Gasteiger charge is 2.36. The van der Waals surface area contributed by atoms with E-state index in [2.05, 4.69) is 62.4 Å². The molecule has 0 aliphatic carbocycles. The van der Waals surface area contributed by atoms with Gasteiger partial charge in [-0.15, -0.1) is 0 Å². The smallest absolute Gasteiger partial charge is 0.248 e. The van der Waals surface area contributed by atoms with Gasteiger partial charge in [0.2, 0.25) is 5.69 Å². The van der Waals surface area contributed by atoms with E-state index < -0.39 is 5.69 Å². The minimum atomic E-state index is -2.33. The number of rotatable bonds is 4. The average Bonchev–Trinajstić information content (AvgIpc) is 2.58. The molecule has 0 saturated carbocycles. The van der Waals surface area contributed by atoms with Gasteiger partial charge in [0, 0.05) is 5.41 Å². The maximum Gasteiger partial charge on any atom is 0.248 e. The SMILES string of the molecule is CC1(C)COP(=S)(SC(c2ccccc2)c2ccccc2)OC1. The largest absolute Gasteiger partial charge is 0.321 e. The van der Waals surface area contributed by atoms with E-state index in [0.29, 0.717) is 13.2 Å². The normalized spacial score (nSPS) is 19.6. The topological polar surface area (TPSA) is 18.5 Å². The monoisotopic (exact) mass is 364 g/mol. The zero-order valence-electron chi connectivity index (χ0n) is 13.3. The molecule has 5 heteroatoms. The van der Waals surface area contributed by atoms with E-state index in [0.717, 1.165) is 0 Å². The van der Waals surface area contributed by atoms with Gasteiger partial charge in [-0.2, -0.15) is 0 Å². The van der Waals surface area contributed by atoms with E-state index in [-0.39, 0.29) is 10.7 Å². The van der Waals surface area contributed by atoms with Gasteiger partial charge < -0.3 is 9.05 Å². The van der Waals surface area contributed by atoms with Gasteiger partial charge in [0.15, 0.2) is 0 Å². The van der Waals surface area contributed by atoms with Crippen LogP contribution < -0.4 is 0 Å². The average molecular weight is 364 g/mol. The second-order valence-electron chi connectivity index (χ2n) is 6.47. The zero-order chi connectivity index (χ0) is 16.3. The van der Waals surface area contributed by atoms with Crippen LogP contribution in [0.25, 0.3) is 0 Å². The van der Waals surface area contributed by atoms with Crippen LogP contribution in [0.5, 0.6) is 0 Å². The summed E-state index contributed by atoms with van der Waals surface area (Å²) in [6.07, 6.45) is 0. The lowest BCUT2D eigenvalue weighted by atomic mass is 9.97. The fraction of sp³-hybridized carbons (Fsp3) is 0.333. The Labute approximate surface area is 147 Å². The second-order valence-corrected chi connectivity index (χ2v) is 12.8. The molecule has 1 aliphatic heterocycles. The molecule has 1 aliphatic rings. The Morgan fingerprint density at radius 2 is 1.35 bits per heavy atom. The van der Waals surface area contributed by atoms with Gasteiger partial charge in [-0.25, -0.2) is 0 Å². The summed E-state index contributed by atoms with van der Waals surface area (Å²) in [5, 5.41) is 0.129. The molecule has 122 valence electrons. The summed E-state index contributed by atoms with van der Waals surface area (Å²) in [5.41, 5.74) is 0.163. The molecule has 0 atom stereocenters. The lowest BCUT2D eigenvalue weighted by Crippen LogP contribution is -2.28. The molecule has 2 aromatic rings. The first kappa shape index (κ1) is 17.2. The van der Waals surface area contributed by atoms with Crippen LogP contribution in [0.15, 0.2) is 60.7 Å². The van der Waals surface area contributed by atoms with E-state index in [9.17, 15) is 0 Å². The first-order valence-electron chi connectivity index (χ1n) is 7.65. The van der Waals surface area contributed by atoms with Crippen LogP contribution in [0.4, 0.5) is 0 Å². The van der Waals surface area contributed by atoms with Crippen molar-refractivity contribution in [3.05, 3.63) is 71.8 Å². The van der Waals surface area contributed by atoms with E-state index in [1.54, 1.807) is 11.4 Å². The molecule has 3 rings (SSSR count). The van der Waals surface area contributed by atoms with Gasteiger partial charge in [0.1, 0.15) is 0 Å². The van der Waals surface area contributed by atoms with Crippen molar-refractivity contribution >= 4 is 28.9 Å². The number of hydrogen-bond donors (Lipinski definition) is 0. The Balaban J connectivity index is 1.87. The van der Waals surface area contributed by atoms with Crippen LogP contribution in [0.1, 0.15) is 30.2 Å². The Morgan fingerprint density at radius 1 is 0.913 bits per heavy atom. The Morgan fingerprint density at radius 3 is 1.78 bits per heavy atom. The predicted octanol–water partition coefficient (Wildman–Crippen LogP) is 5.81. The van der Waals surface area contributed by atoms with Gasteiger partial charge in [-0.3, -0.25) is 0 Å². The molecule has 2 aromatic carbocycles. The molecular formula is C18H21O2PS2. The predicted molar refractivity (Wildman–Crippen MR) is 102 cm³/mol. The summed E-state index contributed by atoms with van der Waals surface area (Å²) >= 11 is 7.42. The summed E-state index contributed by atoms with van der Waals surface area (Å²) in [7, 11) is 0. The van der Waals surface area contributed by atoms with Crippen molar-refractivity contribution < 1.29 is 9.05 Å². The standard InChI is InChI=1S/C18H21O2PS2/c1-18(2)13-19-21(22,20-14-18)23-17(15-9-5-3-6-10-15)16-11-7-4-8-12-16/h3-12,17H,13-14H2,1-2H3. The number of hydrogen-bond acceptors (Lipinski definition) is 4. The van der Waals surface area contributed by atoms with Crippen LogP contribution in [-0.4, -0.2) is 13.2 Å². The van der Waals surface area contributed by atoms with Gasteiger partial charge >= 0.3 is 0 Å². The third-order valence-electron chi connectivity index (χ3n) is 3.67. The minimum absolute atomic E-state index is 0.0395. The van der Waals surface area contributed by atoms with E-state index in [1.807, 2.05) is 12.1 Å². The van der Waals surface area contributed by atoms with Crippen molar-refractivity contribution in [3.63, 3.8) is 0 Å². The molecule has 0 amide bonds. The summed E-state index contributed by atoms with van der Waals surface area (Å²) in [5.74, 6) is 0. The first-order valence-corrected chi connectivity index (χ1v) is 11.8. The van der Waals surface area contributed by atoms with Crippen molar-refractivity contribution in [2.24, 2.45) is 5.41 Å². The minimum Gasteiger partial charge on any atom is -0.321 e. The van der Waals surface area contributed by atoms with E-state index in [1.165, 1.54) is 11.1 Å². The van der Waals surface area contributed by atoms with Gasteiger partial charge in [0.25, 0.3) is 0 Å². The Kier molecular flexibility index (Phi) is 5.29. The molecular weight excluding hydrogens is 343 g/mol. The summed E-state index contributed by atoms with van der Waals surface area (Å²) in [6, 6.07) is 20.9. The Bertz CT molecular complexity index is 635. The maximum absolute atomic E-state index is 6.02. The fourth-order valence-electron chi connectivity index (χ4n) is 2.35. The Hall–Kier alpha value is -0.640. The van der Waals surface area contributed by atoms with Gasteiger partial charge in [-0.05, 0) is 22.9 Å². The van der Waals surface area contributed by atoms with Crippen LogP contribution in [0.3, 0.4) is 0 Å². The third kappa shape index (κ3) is 4.46. The third-order valence-corrected chi connectivity index (χ3v) is 9.02. The molecule has 1 saturated heterocycles. The molecule has 0 spiro atoms. The zero-order valence-corrected chi connectivity index (χ0v) is 15.9. The van der Waals surface area contributed by atoms with Crippen molar-refractivity contribution in [1.29, 1.82) is 0 Å². The second kappa shape index (κ2) is 7.08. The lowest BCUT2D eigenvalue weighted by Gasteiger charge is -2.37. The van der Waals surface area contributed by atoms with Crippen molar-refractivity contribution in [1.82, 2.24) is 0 Å². The van der Waals surface area contributed by atoms with Crippen molar-refractivity contribution in [2.75, 3.05) is 13.2 Å². The summed E-state index contributed by atoms with van der Waals surface area (Å²) < 4.78 is 12.0. The quantitative estimate of drug-likeness (QED) is 0.637. The van der Waals surface area contributed by atoms with Crippen LogP contribution >= 0.6 is 17.1 Å². The highest BCUT2D eigenvalue weighted by molar-refractivity contribution is 8.68. The molecule has 0 unspecified atom stereocenters. The number of benzene rings is 2. The molecule has 1 heterocycles. The van der Waals surface area contributed by atoms with Crippen molar-refractivity contribution in [2.45, 2.75) is 19.1 Å². The molecule has 0 N–H and O–H groups in total. The van der Waals surface area contributed by atoms with Crippen LogP contribution in [0, 0.1) is 5.41 Å². The molecule has 1 fully saturated rings. The molecule has 0 aromatic heterocycles. The summed E-state index contributed by atoms with van der Waals surface area (Å²) in [6.45, 7) is 5.60. The fourth-order valence-corrected chi connectivity index (χ4v) is 7.65. The highest BCUT2D eigenvalue weighted by Crippen LogP contribution is 2.69. The summed E-state index contributed by atoms with van der Waals surface area (Å²) in [4.78, 5) is 0. The van der Waals surface area contributed by atoms with Crippen LogP contribution in [0.2, 0.25) is 0 Å². The van der Waals surface area contributed by atoms with Crippen LogP contribution in [-0.2, 0) is 20.9 Å².